The fourth-order valence-electron chi connectivity index (χ4n) is 3.54. The minimum atomic E-state index is -0.189. The van der Waals surface area contributed by atoms with Gasteiger partial charge in [-0.2, -0.15) is 0 Å². The van der Waals surface area contributed by atoms with Crippen LogP contribution in [0, 0.1) is 0 Å². The topological polar surface area (TPSA) is 81.3 Å². The molecule has 0 saturated carbocycles. The Morgan fingerprint density at radius 1 is 1.19 bits per heavy atom. The summed E-state index contributed by atoms with van der Waals surface area (Å²) in [7, 11) is 0. The van der Waals surface area contributed by atoms with Crippen LogP contribution in [0.3, 0.4) is 0 Å². The second-order valence-electron chi connectivity index (χ2n) is 7.81. The Kier molecular flexibility index (Phi) is 6.53. The molecule has 1 amide bonds. The van der Waals surface area contributed by atoms with E-state index in [4.69, 9.17) is 11.6 Å². The van der Waals surface area contributed by atoms with Gasteiger partial charge in [-0.1, -0.05) is 48.5 Å². The van der Waals surface area contributed by atoms with E-state index in [-0.39, 0.29) is 17.5 Å². The fourth-order valence-corrected chi connectivity index (χ4v) is 4.77. The zero-order valence-electron chi connectivity index (χ0n) is 18.1. The highest BCUT2D eigenvalue weighted by molar-refractivity contribution is 7.98. The molecule has 0 unspecified atom stereocenters. The number of fused-ring (bicyclic) bond motifs is 3. The van der Waals surface area contributed by atoms with E-state index in [1.807, 2.05) is 49.4 Å². The Balaban J connectivity index is 1.88. The zero-order valence-corrected chi connectivity index (χ0v) is 19.7. The third-order valence-electron chi connectivity index (χ3n) is 5.02. The Hall–Kier alpha value is -2.84. The average molecular weight is 470 g/mol. The first kappa shape index (κ1) is 22.4. The molecule has 0 aliphatic carbocycles. The van der Waals surface area contributed by atoms with Crippen molar-refractivity contribution in [1.29, 1.82) is 0 Å². The summed E-state index contributed by atoms with van der Waals surface area (Å²) < 4.78 is 3.50. The van der Waals surface area contributed by atoms with Crippen LogP contribution in [0.25, 0.3) is 16.7 Å². The van der Waals surface area contributed by atoms with Gasteiger partial charge < -0.3 is 5.32 Å². The number of amides is 1. The standard InChI is InChI=1S/C23H24ClN5O2S/c1-4-11-28-21(31)17-10-9-15(20(30)25-14(2)3)12-19(17)29-22(28)26-27-23(29)32-13-16-7-5-6-8-18(16)24/h5-10,12,14H,4,11,13H2,1-3H3,(H,25,30). The van der Waals surface area contributed by atoms with Gasteiger partial charge in [-0.3, -0.25) is 18.6 Å². The molecule has 1 N–H and O–H groups in total. The predicted octanol–water partition coefficient (Wildman–Crippen LogP) is 4.54. The summed E-state index contributed by atoms with van der Waals surface area (Å²) in [6, 6.07) is 12.8. The first-order chi connectivity index (χ1) is 15.4. The summed E-state index contributed by atoms with van der Waals surface area (Å²) in [5, 5.41) is 13.4. The second-order valence-corrected chi connectivity index (χ2v) is 9.16. The van der Waals surface area contributed by atoms with E-state index < -0.39 is 0 Å². The van der Waals surface area contributed by atoms with E-state index in [1.54, 1.807) is 22.8 Å². The summed E-state index contributed by atoms with van der Waals surface area (Å²) in [4.78, 5) is 25.8. The minimum Gasteiger partial charge on any atom is -0.350 e. The van der Waals surface area contributed by atoms with Gasteiger partial charge in [0, 0.05) is 28.9 Å². The van der Waals surface area contributed by atoms with E-state index in [1.165, 1.54) is 11.8 Å². The zero-order chi connectivity index (χ0) is 22.8. The predicted molar refractivity (Wildman–Crippen MR) is 129 cm³/mol. The molecule has 0 radical (unpaired) electrons. The van der Waals surface area contributed by atoms with Crippen molar-refractivity contribution in [2.24, 2.45) is 0 Å². The Labute approximate surface area is 194 Å². The molecule has 0 aliphatic heterocycles. The van der Waals surface area contributed by atoms with Gasteiger partial charge in [-0.15, -0.1) is 10.2 Å². The van der Waals surface area contributed by atoms with Crippen molar-refractivity contribution in [1.82, 2.24) is 24.5 Å². The number of aryl methyl sites for hydroxylation is 1. The molecule has 4 aromatic rings. The van der Waals surface area contributed by atoms with Gasteiger partial charge in [0.1, 0.15) is 0 Å². The Morgan fingerprint density at radius 2 is 1.97 bits per heavy atom. The van der Waals surface area contributed by atoms with Crippen molar-refractivity contribution < 1.29 is 4.79 Å². The summed E-state index contributed by atoms with van der Waals surface area (Å²) in [5.74, 6) is 0.876. The molecular weight excluding hydrogens is 446 g/mol. The van der Waals surface area contributed by atoms with Crippen molar-refractivity contribution in [3.8, 4) is 0 Å². The molecule has 0 atom stereocenters. The molecule has 32 heavy (non-hydrogen) atoms. The van der Waals surface area contributed by atoms with Crippen LogP contribution >= 0.6 is 23.4 Å². The maximum absolute atomic E-state index is 13.2. The van der Waals surface area contributed by atoms with Crippen LogP contribution in [0.15, 0.2) is 52.4 Å². The Morgan fingerprint density at radius 3 is 2.69 bits per heavy atom. The smallest absolute Gasteiger partial charge is 0.262 e. The maximum atomic E-state index is 13.2. The SMILES string of the molecule is CCCn1c(=O)c2ccc(C(=O)NC(C)C)cc2n2c(SCc3ccccc3Cl)nnc12. The van der Waals surface area contributed by atoms with Gasteiger partial charge in [0.05, 0.1) is 10.9 Å². The van der Waals surface area contributed by atoms with E-state index in [9.17, 15) is 9.59 Å². The van der Waals surface area contributed by atoms with Crippen LogP contribution in [0.1, 0.15) is 43.1 Å². The lowest BCUT2D eigenvalue weighted by atomic mass is 10.1. The first-order valence-corrected chi connectivity index (χ1v) is 11.9. The summed E-state index contributed by atoms with van der Waals surface area (Å²) in [5.41, 5.74) is 1.94. The van der Waals surface area contributed by atoms with Crippen LogP contribution in [0.2, 0.25) is 5.02 Å². The highest BCUT2D eigenvalue weighted by Crippen LogP contribution is 2.28. The van der Waals surface area contributed by atoms with Gasteiger partial charge in [-0.05, 0) is 50.1 Å². The molecule has 0 saturated heterocycles. The minimum absolute atomic E-state index is 0.00687. The van der Waals surface area contributed by atoms with Crippen molar-refractivity contribution in [3.63, 3.8) is 0 Å². The fraction of sp³-hybridized carbons (Fsp3) is 0.304. The van der Waals surface area contributed by atoms with Crippen molar-refractivity contribution >= 4 is 46.0 Å². The number of nitrogens with one attached hydrogen (secondary N) is 1. The van der Waals surface area contributed by atoms with Crippen LogP contribution in [0.4, 0.5) is 0 Å². The lowest BCUT2D eigenvalue weighted by Gasteiger charge is -2.13. The number of hydrogen-bond acceptors (Lipinski definition) is 5. The number of nitrogens with zero attached hydrogens (tertiary/aromatic N) is 4. The van der Waals surface area contributed by atoms with E-state index >= 15 is 0 Å². The van der Waals surface area contributed by atoms with Crippen LogP contribution in [-0.2, 0) is 12.3 Å². The number of carbonyl (C=O) groups is 1. The summed E-state index contributed by atoms with van der Waals surface area (Å²) in [6.07, 6.45) is 0.783. The van der Waals surface area contributed by atoms with Crippen LogP contribution in [0.5, 0.6) is 0 Å². The van der Waals surface area contributed by atoms with Crippen molar-refractivity contribution in [2.75, 3.05) is 0 Å². The maximum Gasteiger partial charge on any atom is 0.262 e. The number of carbonyl (C=O) groups excluding carboxylic acids is 1. The number of halogens is 1. The number of hydrogen-bond donors (Lipinski definition) is 1. The average Bonchev–Trinajstić information content (AvgIpc) is 3.19. The third-order valence-corrected chi connectivity index (χ3v) is 6.36. The highest BCUT2D eigenvalue weighted by atomic mass is 35.5. The van der Waals surface area contributed by atoms with Gasteiger partial charge >= 0.3 is 0 Å². The molecule has 0 fully saturated rings. The van der Waals surface area contributed by atoms with Crippen molar-refractivity contribution in [2.45, 2.75) is 50.7 Å². The van der Waals surface area contributed by atoms with Gasteiger partial charge in [0.25, 0.3) is 11.5 Å². The molecule has 4 rings (SSSR count). The molecule has 0 spiro atoms. The third kappa shape index (κ3) is 4.25. The lowest BCUT2D eigenvalue weighted by molar-refractivity contribution is 0.0943. The molecule has 9 heteroatoms. The normalized spacial score (nSPS) is 11.5. The largest absolute Gasteiger partial charge is 0.350 e. The van der Waals surface area contributed by atoms with Gasteiger partial charge in [0.2, 0.25) is 5.78 Å². The van der Waals surface area contributed by atoms with Crippen molar-refractivity contribution in [3.05, 3.63) is 69.0 Å². The molecule has 166 valence electrons. The molecule has 0 bridgehead atoms. The molecule has 2 aromatic heterocycles. The quantitative estimate of drug-likeness (QED) is 0.402. The van der Waals surface area contributed by atoms with E-state index in [0.29, 0.717) is 44.7 Å². The van der Waals surface area contributed by atoms with Gasteiger partial charge in [0.15, 0.2) is 5.16 Å². The van der Waals surface area contributed by atoms with Gasteiger partial charge in [-0.25, -0.2) is 0 Å². The lowest BCUT2D eigenvalue weighted by Crippen LogP contribution is -2.30. The monoisotopic (exact) mass is 469 g/mol. The van der Waals surface area contributed by atoms with Crippen LogP contribution < -0.4 is 10.9 Å². The molecule has 7 nitrogen and oxygen atoms in total. The van der Waals surface area contributed by atoms with E-state index in [0.717, 1.165) is 12.0 Å². The summed E-state index contributed by atoms with van der Waals surface area (Å²) >= 11 is 7.80. The summed E-state index contributed by atoms with van der Waals surface area (Å²) in [6.45, 7) is 6.35. The molecule has 0 aliphatic rings. The second kappa shape index (κ2) is 9.34. The number of thioether (sulfide) groups is 1. The molecule has 2 aromatic carbocycles. The molecular formula is C23H24ClN5O2S. The van der Waals surface area contributed by atoms with Crippen LogP contribution in [-0.4, -0.2) is 31.1 Å². The number of benzene rings is 2. The highest BCUT2D eigenvalue weighted by Gasteiger charge is 2.19. The Bertz CT molecular complexity index is 1360. The number of rotatable bonds is 7. The molecule has 2 heterocycles. The first-order valence-electron chi connectivity index (χ1n) is 10.5. The van der Waals surface area contributed by atoms with E-state index in [2.05, 4.69) is 15.5 Å². The number of aromatic nitrogens is 4.